The molecule has 0 saturated carbocycles. The quantitative estimate of drug-likeness (QED) is 0.652. The minimum absolute atomic E-state index is 0.0922. The van der Waals surface area contributed by atoms with Crippen LogP contribution in [-0.4, -0.2) is 11.7 Å². The van der Waals surface area contributed by atoms with Crippen molar-refractivity contribution in [3.63, 3.8) is 0 Å². The van der Waals surface area contributed by atoms with Gasteiger partial charge in [-0.25, -0.2) is 13.2 Å². The van der Waals surface area contributed by atoms with Gasteiger partial charge in [0.1, 0.15) is 11.6 Å². The largest absolute Gasteiger partial charge is 0.508 e. The molecule has 5 heteroatoms. The molecule has 2 N–H and O–H groups in total. The predicted molar refractivity (Wildman–Crippen MR) is 69.8 cm³/mol. The van der Waals surface area contributed by atoms with Crippen molar-refractivity contribution in [1.29, 1.82) is 0 Å². The Hall–Kier alpha value is -2.01. The van der Waals surface area contributed by atoms with Crippen molar-refractivity contribution < 1.29 is 18.3 Å². The van der Waals surface area contributed by atoms with Gasteiger partial charge in [0, 0.05) is 18.2 Å². The maximum absolute atomic E-state index is 13.4. The van der Waals surface area contributed by atoms with Crippen LogP contribution in [0.15, 0.2) is 36.4 Å². The van der Waals surface area contributed by atoms with Crippen LogP contribution < -0.4 is 5.32 Å². The zero-order valence-corrected chi connectivity index (χ0v) is 10.7. The predicted octanol–water partition coefficient (Wildman–Crippen LogP) is 3.14. The first-order valence-corrected chi connectivity index (χ1v) is 6.18. The Morgan fingerprint density at radius 2 is 1.55 bits per heavy atom. The Morgan fingerprint density at radius 1 is 0.900 bits per heavy atom. The molecular formula is C15H14F3NO. The average molecular weight is 281 g/mol. The second kappa shape index (κ2) is 6.43. The molecule has 0 unspecified atom stereocenters. The van der Waals surface area contributed by atoms with Gasteiger partial charge in [-0.05, 0) is 36.7 Å². The second-order valence-corrected chi connectivity index (χ2v) is 4.45. The standard InChI is InChI=1S/C15H14F3NO/c16-13-8-15(18)14(17)7-11(13)9-19-6-5-10-1-3-12(20)4-2-10/h1-4,7-8,19-20H,5-6,9H2. The van der Waals surface area contributed by atoms with Gasteiger partial charge < -0.3 is 10.4 Å². The van der Waals surface area contributed by atoms with Crippen molar-refractivity contribution in [2.45, 2.75) is 13.0 Å². The fraction of sp³-hybridized carbons (Fsp3) is 0.200. The van der Waals surface area contributed by atoms with Crippen LogP contribution >= 0.6 is 0 Å². The van der Waals surface area contributed by atoms with Crippen LogP contribution in [0.1, 0.15) is 11.1 Å². The van der Waals surface area contributed by atoms with Crippen LogP contribution in [0.5, 0.6) is 5.75 Å². The third-order valence-corrected chi connectivity index (χ3v) is 2.93. The van der Waals surface area contributed by atoms with E-state index in [1.807, 2.05) is 0 Å². The Labute approximate surface area is 114 Å². The molecule has 0 atom stereocenters. The smallest absolute Gasteiger partial charge is 0.161 e. The summed E-state index contributed by atoms with van der Waals surface area (Å²) in [5.41, 5.74) is 1.11. The fourth-order valence-electron chi connectivity index (χ4n) is 1.82. The molecule has 2 aromatic carbocycles. The highest BCUT2D eigenvalue weighted by atomic mass is 19.2. The molecule has 0 fully saturated rings. The number of hydrogen-bond acceptors (Lipinski definition) is 2. The van der Waals surface area contributed by atoms with Crippen molar-refractivity contribution >= 4 is 0 Å². The second-order valence-electron chi connectivity index (χ2n) is 4.45. The zero-order valence-electron chi connectivity index (χ0n) is 10.7. The molecule has 0 heterocycles. The maximum atomic E-state index is 13.4. The van der Waals surface area contributed by atoms with Gasteiger partial charge >= 0.3 is 0 Å². The number of hydrogen-bond donors (Lipinski definition) is 2. The van der Waals surface area contributed by atoms with E-state index in [0.29, 0.717) is 19.0 Å². The number of phenolic OH excluding ortho intramolecular Hbond substituents is 1. The molecule has 20 heavy (non-hydrogen) atoms. The molecule has 0 aromatic heterocycles. The summed E-state index contributed by atoms with van der Waals surface area (Å²) in [6.07, 6.45) is 0.686. The highest BCUT2D eigenvalue weighted by Gasteiger charge is 2.09. The molecule has 2 aromatic rings. The van der Waals surface area contributed by atoms with Gasteiger partial charge in [-0.2, -0.15) is 0 Å². The SMILES string of the molecule is Oc1ccc(CCNCc2cc(F)c(F)cc2F)cc1. The normalized spacial score (nSPS) is 10.8. The van der Waals surface area contributed by atoms with Crippen LogP contribution in [0.25, 0.3) is 0 Å². The Morgan fingerprint density at radius 3 is 2.25 bits per heavy atom. The van der Waals surface area contributed by atoms with Gasteiger partial charge in [0.25, 0.3) is 0 Å². The van der Waals surface area contributed by atoms with E-state index < -0.39 is 17.5 Å². The first kappa shape index (κ1) is 14.4. The van der Waals surface area contributed by atoms with Crippen molar-refractivity contribution in [2.24, 2.45) is 0 Å². The summed E-state index contributed by atoms with van der Waals surface area (Å²) in [4.78, 5) is 0. The van der Waals surface area contributed by atoms with Crippen molar-refractivity contribution in [3.8, 4) is 5.75 Å². The average Bonchev–Trinajstić information content (AvgIpc) is 2.42. The van der Waals surface area contributed by atoms with Gasteiger partial charge in [-0.1, -0.05) is 12.1 Å². The van der Waals surface area contributed by atoms with Crippen molar-refractivity contribution in [1.82, 2.24) is 5.32 Å². The molecular weight excluding hydrogens is 267 g/mol. The third kappa shape index (κ3) is 3.74. The highest BCUT2D eigenvalue weighted by molar-refractivity contribution is 5.26. The Balaban J connectivity index is 1.84. The van der Waals surface area contributed by atoms with Gasteiger partial charge in [0.2, 0.25) is 0 Å². The topological polar surface area (TPSA) is 32.3 Å². The Kier molecular flexibility index (Phi) is 4.63. The highest BCUT2D eigenvalue weighted by Crippen LogP contribution is 2.13. The monoisotopic (exact) mass is 281 g/mol. The molecule has 0 spiro atoms. The summed E-state index contributed by atoms with van der Waals surface area (Å²) in [6.45, 7) is 0.685. The molecule has 0 aliphatic rings. The van der Waals surface area contributed by atoms with E-state index in [1.54, 1.807) is 24.3 Å². The minimum Gasteiger partial charge on any atom is -0.508 e. The molecule has 0 radical (unpaired) electrons. The lowest BCUT2D eigenvalue weighted by molar-refractivity contribution is 0.475. The number of nitrogens with one attached hydrogen (secondary N) is 1. The van der Waals surface area contributed by atoms with Gasteiger partial charge in [-0.15, -0.1) is 0 Å². The van der Waals surface area contributed by atoms with E-state index in [-0.39, 0.29) is 17.9 Å². The third-order valence-electron chi connectivity index (χ3n) is 2.93. The number of halogens is 3. The molecule has 106 valence electrons. The van der Waals surface area contributed by atoms with Crippen LogP contribution in [-0.2, 0) is 13.0 Å². The van der Waals surface area contributed by atoms with Crippen LogP contribution in [0, 0.1) is 17.5 Å². The molecule has 2 rings (SSSR count). The van der Waals surface area contributed by atoms with Crippen molar-refractivity contribution in [3.05, 3.63) is 65.0 Å². The Bertz CT molecular complexity index is 584. The van der Waals surface area contributed by atoms with E-state index in [1.165, 1.54) is 0 Å². The maximum Gasteiger partial charge on any atom is 0.161 e. The van der Waals surface area contributed by atoms with Crippen molar-refractivity contribution in [2.75, 3.05) is 6.54 Å². The molecule has 0 aliphatic heterocycles. The molecule has 0 saturated heterocycles. The molecule has 0 aliphatic carbocycles. The minimum atomic E-state index is -1.18. The van der Waals surface area contributed by atoms with E-state index >= 15 is 0 Å². The van der Waals surface area contributed by atoms with Crippen LogP contribution in [0.2, 0.25) is 0 Å². The first-order valence-electron chi connectivity index (χ1n) is 6.18. The molecule has 0 amide bonds. The lowest BCUT2D eigenvalue weighted by Gasteiger charge is -2.07. The number of phenols is 1. The molecule has 2 nitrogen and oxygen atoms in total. The number of rotatable bonds is 5. The number of aromatic hydroxyl groups is 1. The van der Waals surface area contributed by atoms with Crippen LogP contribution in [0.3, 0.4) is 0 Å². The van der Waals surface area contributed by atoms with Gasteiger partial charge in [-0.3, -0.25) is 0 Å². The van der Waals surface area contributed by atoms with Gasteiger partial charge in [0.15, 0.2) is 11.6 Å². The lowest BCUT2D eigenvalue weighted by Crippen LogP contribution is -2.17. The molecule has 0 bridgehead atoms. The summed E-state index contributed by atoms with van der Waals surface area (Å²) in [5, 5.41) is 12.1. The number of benzene rings is 2. The summed E-state index contributed by atoms with van der Waals surface area (Å²) >= 11 is 0. The van der Waals surface area contributed by atoms with E-state index in [0.717, 1.165) is 11.6 Å². The summed E-state index contributed by atoms with van der Waals surface area (Å²) in [6, 6.07) is 8.16. The summed E-state index contributed by atoms with van der Waals surface area (Å²) in [7, 11) is 0. The van der Waals surface area contributed by atoms with Gasteiger partial charge in [0.05, 0.1) is 0 Å². The van der Waals surface area contributed by atoms with E-state index in [2.05, 4.69) is 5.32 Å². The first-order chi connectivity index (χ1) is 9.56. The van der Waals surface area contributed by atoms with E-state index in [4.69, 9.17) is 5.11 Å². The summed E-state index contributed by atoms with van der Waals surface area (Å²) < 4.78 is 39.1. The summed E-state index contributed by atoms with van der Waals surface area (Å²) in [5.74, 6) is -2.80. The van der Waals surface area contributed by atoms with E-state index in [9.17, 15) is 13.2 Å². The lowest BCUT2D eigenvalue weighted by atomic mass is 10.1. The van der Waals surface area contributed by atoms with Crippen LogP contribution in [0.4, 0.5) is 13.2 Å². The fourth-order valence-corrected chi connectivity index (χ4v) is 1.82. The zero-order chi connectivity index (χ0) is 14.5.